The molecule has 6 rings (SSSR count). The zero-order valence-electron chi connectivity index (χ0n) is 23.7. The second kappa shape index (κ2) is 11.0. The molecule has 2 saturated heterocycles. The summed E-state index contributed by atoms with van der Waals surface area (Å²) >= 11 is 0. The first kappa shape index (κ1) is 30.3. The molecule has 3 aliphatic rings. The minimum atomic E-state index is -4.32. The highest BCUT2D eigenvalue weighted by molar-refractivity contribution is 7.91. The lowest BCUT2D eigenvalue weighted by Crippen LogP contribution is -2.38. The molecular weight excluding hydrogens is 613 g/mol. The van der Waals surface area contributed by atoms with Gasteiger partial charge in [-0.05, 0) is 37.1 Å². The number of carbonyl (C=O) groups is 1. The predicted molar refractivity (Wildman–Crippen MR) is 149 cm³/mol. The van der Waals surface area contributed by atoms with E-state index in [2.05, 4.69) is 0 Å². The zero-order valence-corrected chi connectivity index (χ0v) is 24.5. The van der Waals surface area contributed by atoms with Crippen LogP contribution in [-0.2, 0) is 24.9 Å². The number of nitrogens with zero attached hydrogens (tertiary/aromatic N) is 4. The van der Waals surface area contributed by atoms with Crippen LogP contribution in [0, 0.1) is 46.0 Å². The Morgan fingerprint density at radius 1 is 0.933 bits per heavy atom. The summed E-state index contributed by atoms with van der Waals surface area (Å²) in [4.78, 5) is 15.6. The molecule has 14 heteroatoms. The van der Waals surface area contributed by atoms with Crippen LogP contribution in [0.25, 0.3) is 0 Å². The van der Waals surface area contributed by atoms with Crippen molar-refractivity contribution >= 4 is 27.2 Å². The Balaban J connectivity index is 1.71. The third-order valence-electron chi connectivity index (χ3n) is 8.33. The van der Waals surface area contributed by atoms with E-state index in [1.807, 2.05) is 9.80 Å². The summed E-state index contributed by atoms with van der Waals surface area (Å²) in [5.74, 6) is -8.84. The molecule has 0 aliphatic carbocycles. The van der Waals surface area contributed by atoms with E-state index in [0.717, 1.165) is 20.0 Å². The Morgan fingerprint density at radius 2 is 1.44 bits per heavy atom. The SMILES string of the molecule is COCOC(C#N)(C#N)c1c(F)c(F)c(C(=O)[O-])c([C+]2c3ccc(N4CCC4)cc3S(=O)(=O)c3cc(N4CCC4)ccc32)c1F. The number of rotatable bonds is 8. The maximum absolute atomic E-state index is 16.8. The molecule has 45 heavy (non-hydrogen) atoms. The quantitative estimate of drug-likeness (QED) is 0.161. The fourth-order valence-corrected chi connectivity index (χ4v) is 7.48. The van der Waals surface area contributed by atoms with Crippen LogP contribution < -0.4 is 14.9 Å². The molecule has 0 amide bonds. The lowest BCUT2D eigenvalue weighted by Gasteiger charge is -2.35. The van der Waals surface area contributed by atoms with Gasteiger partial charge in [0.05, 0.1) is 22.6 Å². The van der Waals surface area contributed by atoms with Crippen LogP contribution in [0.2, 0.25) is 0 Å². The van der Waals surface area contributed by atoms with Crippen molar-refractivity contribution in [2.24, 2.45) is 0 Å². The van der Waals surface area contributed by atoms with E-state index in [1.54, 1.807) is 12.1 Å². The molecule has 0 spiro atoms. The van der Waals surface area contributed by atoms with Crippen molar-refractivity contribution < 1.29 is 41.0 Å². The number of anilines is 2. The molecule has 3 aliphatic heterocycles. The average Bonchev–Trinajstić information content (AvgIpc) is 2.96. The van der Waals surface area contributed by atoms with E-state index < -0.39 is 68.3 Å². The topological polar surface area (TPSA) is 147 Å². The van der Waals surface area contributed by atoms with Gasteiger partial charge >= 0.3 is 0 Å². The minimum absolute atomic E-state index is 0.195. The van der Waals surface area contributed by atoms with Crippen molar-refractivity contribution in [3.8, 4) is 12.1 Å². The predicted octanol–water partition coefficient (Wildman–Crippen LogP) is 2.92. The second-order valence-corrected chi connectivity index (χ2v) is 12.6. The third-order valence-corrected chi connectivity index (χ3v) is 10.2. The molecular formula is C31H23F3N4O6S. The lowest BCUT2D eigenvalue weighted by molar-refractivity contribution is -0.255. The number of fused-ring (bicyclic) bond motifs is 2. The van der Waals surface area contributed by atoms with Crippen LogP contribution in [0.3, 0.4) is 0 Å². The highest BCUT2D eigenvalue weighted by atomic mass is 32.2. The molecule has 0 radical (unpaired) electrons. The van der Waals surface area contributed by atoms with Crippen molar-refractivity contribution in [2.45, 2.75) is 28.2 Å². The number of carbonyl (C=O) groups excluding carboxylic acids is 1. The van der Waals surface area contributed by atoms with Gasteiger partial charge in [-0.1, -0.05) is 0 Å². The summed E-state index contributed by atoms with van der Waals surface area (Å²) in [6, 6.07) is 11.2. The fraction of sp³-hybridized carbons (Fsp3) is 0.290. The van der Waals surface area contributed by atoms with E-state index in [0.29, 0.717) is 37.6 Å². The molecule has 3 aromatic rings. The number of aromatic carboxylic acids is 1. The Morgan fingerprint density at radius 3 is 1.84 bits per heavy atom. The van der Waals surface area contributed by atoms with Gasteiger partial charge in [0.2, 0.25) is 9.84 Å². The van der Waals surface area contributed by atoms with Crippen LogP contribution in [0.4, 0.5) is 24.5 Å². The Hall–Kier alpha value is -4.76. The molecule has 0 bridgehead atoms. The van der Waals surface area contributed by atoms with Crippen LogP contribution in [-0.4, -0.2) is 54.5 Å². The Bertz CT molecular complexity index is 1860. The Kier molecular flexibility index (Phi) is 7.40. The number of hydrogen-bond acceptors (Lipinski definition) is 10. The van der Waals surface area contributed by atoms with Gasteiger partial charge in [-0.2, -0.15) is 19.3 Å². The monoisotopic (exact) mass is 636 g/mol. The summed E-state index contributed by atoms with van der Waals surface area (Å²) in [5, 5.41) is 32.1. The van der Waals surface area contributed by atoms with Crippen LogP contribution in [0.15, 0.2) is 46.2 Å². The summed E-state index contributed by atoms with van der Waals surface area (Å²) in [6.45, 7) is 1.82. The molecule has 10 nitrogen and oxygen atoms in total. The van der Waals surface area contributed by atoms with Crippen LogP contribution >= 0.6 is 0 Å². The van der Waals surface area contributed by atoms with E-state index in [-0.39, 0.29) is 20.9 Å². The number of carboxylic acids is 1. The smallest absolute Gasteiger partial charge is 0.280 e. The van der Waals surface area contributed by atoms with Crippen molar-refractivity contribution in [3.05, 3.63) is 87.6 Å². The number of nitriles is 2. The number of ether oxygens (including phenoxy) is 2. The summed E-state index contributed by atoms with van der Waals surface area (Å²) in [7, 11) is -3.22. The van der Waals surface area contributed by atoms with Crippen LogP contribution in [0.1, 0.15) is 45.5 Å². The first-order valence-electron chi connectivity index (χ1n) is 13.8. The highest BCUT2D eigenvalue weighted by Gasteiger charge is 2.50. The van der Waals surface area contributed by atoms with E-state index in [1.165, 1.54) is 36.4 Å². The fourth-order valence-electron chi connectivity index (χ4n) is 5.77. The van der Waals surface area contributed by atoms with Gasteiger partial charge in [-0.15, -0.1) is 0 Å². The van der Waals surface area contributed by atoms with Crippen molar-refractivity contribution in [1.82, 2.24) is 0 Å². The third kappa shape index (κ3) is 4.48. The van der Waals surface area contributed by atoms with Gasteiger partial charge < -0.3 is 29.2 Å². The summed E-state index contributed by atoms with van der Waals surface area (Å²) in [6.07, 6.45) is 1.76. The van der Waals surface area contributed by atoms with Gasteiger partial charge in [0.15, 0.2) is 17.5 Å². The molecule has 3 aromatic carbocycles. The number of hydrogen-bond donors (Lipinski definition) is 0. The summed E-state index contributed by atoms with van der Waals surface area (Å²) < 4.78 is 86.3. The number of sulfone groups is 1. The lowest BCUT2D eigenvalue weighted by atomic mass is 9.79. The number of methoxy groups -OCH3 is 1. The number of halogens is 3. The van der Waals surface area contributed by atoms with E-state index >= 15 is 13.2 Å². The maximum atomic E-state index is 16.8. The first-order chi connectivity index (χ1) is 21.5. The standard InChI is InChI=1S/C31H23F3N4O6S/c1-43-16-44-31(14-35,15-36)26-27(32)24(25(30(39)40)28(33)29(26)34)23-19-6-4-17(37-8-2-9-37)12-21(19)45(41,42)22-13-18(5-7-20(22)23)38-10-3-11-38/h4-7,12-13H,2-3,8-11,16H2,1H3. The molecule has 230 valence electrons. The Labute approximate surface area is 256 Å². The maximum Gasteiger partial charge on any atom is 0.280 e. The van der Waals surface area contributed by atoms with Crippen molar-refractivity contribution in [2.75, 3.05) is 49.9 Å². The molecule has 0 aromatic heterocycles. The van der Waals surface area contributed by atoms with E-state index in [4.69, 9.17) is 9.47 Å². The van der Waals surface area contributed by atoms with E-state index in [9.17, 15) is 28.8 Å². The molecule has 3 heterocycles. The second-order valence-electron chi connectivity index (χ2n) is 10.7. The van der Waals surface area contributed by atoms with Gasteiger partial charge in [0, 0.05) is 56.8 Å². The molecule has 0 unspecified atom stereocenters. The summed E-state index contributed by atoms with van der Waals surface area (Å²) in [5.41, 5.74) is -6.63. The highest BCUT2D eigenvalue weighted by Crippen LogP contribution is 2.50. The largest absolute Gasteiger partial charge is 0.538 e. The normalized spacial score (nSPS) is 16.5. The van der Waals surface area contributed by atoms with Gasteiger partial charge in [0.25, 0.3) is 5.60 Å². The minimum Gasteiger partial charge on any atom is -0.538 e. The van der Waals surface area contributed by atoms with Gasteiger partial charge in [0.1, 0.15) is 45.8 Å². The number of carboxylic acid groups (broad SMARTS) is 1. The van der Waals surface area contributed by atoms with Crippen molar-refractivity contribution in [1.29, 1.82) is 10.5 Å². The average molecular weight is 637 g/mol. The molecule has 0 atom stereocenters. The van der Waals surface area contributed by atoms with Gasteiger partial charge in [-0.3, -0.25) is 0 Å². The van der Waals surface area contributed by atoms with Gasteiger partial charge in [-0.25, -0.2) is 12.8 Å². The zero-order chi connectivity index (χ0) is 32.3. The first-order valence-corrected chi connectivity index (χ1v) is 15.3. The molecule has 0 N–H and O–H groups in total. The number of benzene rings is 3. The molecule has 0 saturated carbocycles. The van der Waals surface area contributed by atoms with Crippen LogP contribution in [0.5, 0.6) is 0 Å². The molecule has 2 fully saturated rings. The van der Waals surface area contributed by atoms with Crippen molar-refractivity contribution in [3.63, 3.8) is 0 Å².